The Kier molecular flexibility index (Phi) is 6.14. The van der Waals surface area contributed by atoms with Crippen molar-refractivity contribution in [2.45, 2.75) is 36.5 Å². The Morgan fingerprint density at radius 2 is 1.95 bits per heavy atom. The predicted octanol–water partition coefficient (Wildman–Crippen LogP) is 2.69. The third kappa shape index (κ3) is 5.31. The summed E-state index contributed by atoms with van der Waals surface area (Å²) in [6.45, 7) is 0. The van der Waals surface area contributed by atoms with Crippen LogP contribution in [0.25, 0.3) is 0 Å². The fourth-order valence-corrected chi connectivity index (χ4v) is 5.79. The second-order valence-corrected chi connectivity index (χ2v) is 9.46. The van der Waals surface area contributed by atoms with Crippen LogP contribution in [0.15, 0.2) is 30.3 Å². The summed E-state index contributed by atoms with van der Waals surface area (Å²) in [6, 6.07) is 11.2. The van der Waals surface area contributed by atoms with E-state index in [1.807, 2.05) is 18.8 Å². The Hall–Kier alpha value is -0.520. The molecule has 3 atom stereocenters. The van der Waals surface area contributed by atoms with Gasteiger partial charge in [0.25, 0.3) is 0 Å². The average molecular weight is 328 g/mol. The molecule has 0 saturated heterocycles. The SMILES string of the molecule is CNC1CCC(c2ccccc2)CC1SCCS(C)(=O)=O. The monoisotopic (exact) mass is 327 g/mol. The molecule has 118 valence electrons. The van der Waals surface area contributed by atoms with Gasteiger partial charge in [0.05, 0.1) is 5.75 Å². The lowest BCUT2D eigenvalue weighted by molar-refractivity contribution is 0.369. The van der Waals surface area contributed by atoms with E-state index in [2.05, 4.69) is 35.6 Å². The summed E-state index contributed by atoms with van der Waals surface area (Å²) < 4.78 is 22.6. The van der Waals surface area contributed by atoms with Gasteiger partial charge in [-0.15, -0.1) is 0 Å². The lowest BCUT2D eigenvalue weighted by Crippen LogP contribution is -2.40. The van der Waals surface area contributed by atoms with E-state index in [0.717, 1.165) is 12.8 Å². The molecule has 3 unspecified atom stereocenters. The molecule has 1 fully saturated rings. The molecule has 3 nitrogen and oxygen atoms in total. The second-order valence-electron chi connectivity index (χ2n) is 5.85. The molecule has 5 heteroatoms. The summed E-state index contributed by atoms with van der Waals surface area (Å²) in [7, 11) is -0.845. The Bertz CT molecular complexity index is 530. The third-order valence-corrected chi connectivity index (χ3v) is 6.81. The number of rotatable bonds is 6. The first-order valence-electron chi connectivity index (χ1n) is 7.51. The number of hydrogen-bond acceptors (Lipinski definition) is 4. The lowest BCUT2D eigenvalue weighted by atomic mass is 9.81. The van der Waals surface area contributed by atoms with E-state index in [4.69, 9.17) is 0 Å². The van der Waals surface area contributed by atoms with Crippen molar-refractivity contribution < 1.29 is 8.42 Å². The molecule has 0 heterocycles. The maximum Gasteiger partial charge on any atom is 0.148 e. The van der Waals surface area contributed by atoms with Gasteiger partial charge < -0.3 is 5.32 Å². The first kappa shape index (κ1) is 16.8. The molecule has 1 aliphatic rings. The molecule has 1 aromatic carbocycles. The largest absolute Gasteiger partial charge is 0.316 e. The van der Waals surface area contributed by atoms with E-state index in [9.17, 15) is 8.42 Å². The first-order valence-corrected chi connectivity index (χ1v) is 10.6. The summed E-state index contributed by atoms with van der Waals surface area (Å²) in [5, 5.41) is 3.90. The zero-order valence-corrected chi connectivity index (χ0v) is 14.4. The van der Waals surface area contributed by atoms with Crippen LogP contribution in [-0.2, 0) is 9.84 Å². The van der Waals surface area contributed by atoms with E-state index in [-0.39, 0.29) is 5.75 Å². The van der Waals surface area contributed by atoms with Gasteiger partial charge in [0.1, 0.15) is 9.84 Å². The highest BCUT2D eigenvalue weighted by Gasteiger charge is 2.30. The average Bonchev–Trinajstić information content (AvgIpc) is 2.47. The highest BCUT2D eigenvalue weighted by atomic mass is 32.2. The first-order chi connectivity index (χ1) is 9.99. The van der Waals surface area contributed by atoms with Crippen molar-refractivity contribution in [3.63, 3.8) is 0 Å². The maximum absolute atomic E-state index is 11.3. The summed E-state index contributed by atoms with van der Waals surface area (Å²) in [4.78, 5) is 0. The quantitative estimate of drug-likeness (QED) is 0.872. The van der Waals surface area contributed by atoms with Crippen LogP contribution in [0.2, 0.25) is 0 Å². The van der Waals surface area contributed by atoms with E-state index < -0.39 is 9.84 Å². The number of sulfone groups is 1. The van der Waals surface area contributed by atoms with Gasteiger partial charge in [0, 0.05) is 23.3 Å². The molecule has 0 aliphatic heterocycles. The minimum Gasteiger partial charge on any atom is -0.316 e. The van der Waals surface area contributed by atoms with Crippen molar-refractivity contribution in [3.05, 3.63) is 35.9 Å². The van der Waals surface area contributed by atoms with Gasteiger partial charge >= 0.3 is 0 Å². The predicted molar refractivity (Wildman–Crippen MR) is 91.8 cm³/mol. The third-order valence-electron chi connectivity index (χ3n) is 4.22. The molecule has 1 aliphatic carbocycles. The molecule has 1 aromatic rings. The van der Waals surface area contributed by atoms with E-state index >= 15 is 0 Å². The number of thioether (sulfide) groups is 1. The standard InChI is InChI=1S/C16H25NO2S2/c1-17-15-9-8-14(13-6-4-3-5-7-13)12-16(15)20-10-11-21(2,18)19/h3-7,14-17H,8-12H2,1-2H3. The molecular weight excluding hydrogens is 302 g/mol. The number of benzene rings is 1. The van der Waals surface area contributed by atoms with Crippen LogP contribution in [0.5, 0.6) is 0 Å². The Labute approximate surface area is 132 Å². The van der Waals surface area contributed by atoms with Crippen LogP contribution in [0.1, 0.15) is 30.7 Å². The van der Waals surface area contributed by atoms with Gasteiger partial charge in [-0.3, -0.25) is 0 Å². The van der Waals surface area contributed by atoms with Gasteiger partial charge in [-0.05, 0) is 37.8 Å². The molecule has 0 radical (unpaired) electrons. The van der Waals surface area contributed by atoms with Gasteiger partial charge in [0.2, 0.25) is 0 Å². The number of nitrogens with one attached hydrogen (secondary N) is 1. The molecule has 2 rings (SSSR count). The summed E-state index contributed by atoms with van der Waals surface area (Å²) in [6.07, 6.45) is 4.81. The van der Waals surface area contributed by atoms with Crippen molar-refractivity contribution in [2.24, 2.45) is 0 Å². The van der Waals surface area contributed by atoms with Gasteiger partial charge in [0.15, 0.2) is 0 Å². The van der Waals surface area contributed by atoms with Gasteiger partial charge in [-0.2, -0.15) is 11.8 Å². The second kappa shape index (κ2) is 7.65. The fourth-order valence-electron chi connectivity index (χ4n) is 3.02. The smallest absolute Gasteiger partial charge is 0.148 e. The fraction of sp³-hybridized carbons (Fsp3) is 0.625. The molecule has 0 spiro atoms. The lowest BCUT2D eigenvalue weighted by Gasteiger charge is -2.36. The topological polar surface area (TPSA) is 46.2 Å². The molecule has 0 bridgehead atoms. The minimum atomic E-state index is -2.86. The minimum absolute atomic E-state index is 0.278. The Balaban J connectivity index is 1.96. The molecule has 21 heavy (non-hydrogen) atoms. The van der Waals surface area contributed by atoms with E-state index in [0.29, 0.717) is 23.0 Å². The van der Waals surface area contributed by atoms with Crippen molar-refractivity contribution in [2.75, 3.05) is 24.8 Å². The summed E-state index contributed by atoms with van der Waals surface area (Å²) >= 11 is 1.81. The van der Waals surface area contributed by atoms with Crippen LogP contribution in [-0.4, -0.2) is 44.5 Å². The Morgan fingerprint density at radius 3 is 2.57 bits per heavy atom. The van der Waals surface area contributed by atoms with Gasteiger partial charge in [-0.1, -0.05) is 30.3 Å². The van der Waals surface area contributed by atoms with Gasteiger partial charge in [-0.25, -0.2) is 8.42 Å². The van der Waals surface area contributed by atoms with Crippen molar-refractivity contribution in [1.29, 1.82) is 0 Å². The molecule has 1 saturated carbocycles. The van der Waals surface area contributed by atoms with Crippen molar-refractivity contribution in [3.8, 4) is 0 Å². The highest BCUT2D eigenvalue weighted by Crippen LogP contribution is 2.38. The van der Waals surface area contributed by atoms with Crippen LogP contribution in [0.3, 0.4) is 0 Å². The van der Waals surface area contributed by atoms with Crippen LogP contribution in [0, 0.1) is 0 Å². The molecule has 0 aromatic heterocycles. The number of hydrogen-bond donors (Lipinski definition) is 1. The van der Waals surface area contributed by atoms with Crippen LogP contribution >= 0.6 is 11.8 Å². The highest BCUT2D eigenvalue weighted by molar-refractivity contribution is 8.01. The summed E-state index contributed by atoms with van der Waals surface area (Å²) in [5.74, 6) is 1.58. The maximum atomic E-state index is 11.3. The molecular formula is C16H25NO2S2. The van der Waals surface area contributed by atoms with Crippen molar-refractivity contribution >= 4 is 21.6 Å². The van der Waals surface area contributed by atoms with Crippen LogP contribution in [0.4, 0.5) is 0 Å². The molecule has 1 N–H and O–H groups in total. The van der Waals surface area contributed by atoms with E-state index in [1.54, 1.807) is 0 Å². The zero-order chi connectivity index (χ0) is 15.3. The molecule has 0 amide bonds. The normalized spacial score (nSPS) is 26.7. The summed E-state index contributed by atoms with van der Waals surface area (Å²) in [5.41, 5.74) is 1.42. The van der Waals surface area contributed by atoms with Crippen LogP contribution < -0.4 is 5.32 Å². The van der Waals surface area contributed by atoms with Crippen molar-refractivity contribution in [1.82, 2.24) is 5.32 Å². The zero-order valence-electron chi connectivity index (χ0n) is 12.8. The Morgan fingerprint density at radius 1 is 1.24 bits per heavy atom. The van der Waals surface area contributed by atoms with E-state index in [1.165, 1.54) is 18.2 Å².